The van der Waals surface area contributed by atoms with Crippen LogP contribution in [0.1, 0.15) is 35.8 Å². The molecule has 1 aromatic heterocycles. The van der Waals surface area contributed by atoms with Crippen molar-refractivity contribution in [1.29, 1.82) is 0 Å². The number of aromatic nitrogens is 2. The molecule has 0 aliphatic heterocycles. The summed E-state index contributed by atoms with van der Waals surface area (Å²) in [7, 11) is 0. The second kappa shape index (κ2) is 5.14. The van der Waals surface area contributed by atoms with Crippen LogP contribution >= 0.6 is 0 Å². The fraction of sp³-hybridized carbons (Fsp3) is 0.286. The molecule has 0 saturated heterocycles. The first-order chi connectivity index (χ1) is 8.97. The van der Waals surface area contributed by atoms with Gasteiger partial charge in [0.05, 0.1) is 18.0 Å². The molecule has 0 aliphatic rings. The molecule has 5 heteroatoms. The van der Waals surface area contributed by atoms with Crippen LogP contribution in [0.2, 0.25) is 0 Å². The van der Waals surface area contributed by atoms with Gasteiger partial charge in [0.15, 0.2) is 5.75 Å². The Morgan fingerprint density at radius 3 is 2.68 bits per heavy atom. The zero-order chi connectivity index (χ0) is 14.0. The highest BCUT2D eigenvalue weighted by Gasteiger charge is 2.09. The first-order valence-electron chi connectivity index (χ1n) is 6.03. The molecule has 5 nitrogen and oxygen atoms in total. The van der Waals surface area contributed by atoms with E-state index in [9.17, 15) is 4.79 Å². The van der Waals surface area contributed by atoms with Gasteiger partial charge in [0, 0.05) is 6.04 Å². The van der Waals surface area contributed by atoms with Crippen molar-refractivity contribution in [1.82, 2.24) is 9.78 Å². The minimum absolute atomic E-state index is 0.253. The molecule has 19 heavy (non-hydrogen) atoms. The van der Waals surface area contributed by atoms with Gasteiger partial charge < -0.3 is 9.84 Å². The summed E-state index contributed by atoms with van der Waals surface area (Å²) in [6, 6.07) is 5.04. The Morgan fingerprint density at radius 2 is 2.16 bits per heavy atom. The highest BCUT2D eigenvalue weighted by molar-refractivity contribution is 5.88. The van der Waals surface area contributed by atoms with E-state index in [4.69, 9.17) is 9.84 Å². The first-order valence-corrected chi connectivity index (χ1v) is 6.03. The number of hydrogen-bond acceptors (Lipinski definition) is 3. The van der Waals surface area contributed by atoms with Crippen LogP contribution in [0.15, 0.2) is 30.6 Å². The molecule has 0 fully saturated rings. The zero-order valence-corrected chi connectivity index (χ0v) is 11.1. The van der Waals surface area contributed by atoms with Crippen molar-refractivity contribution in [2.75, 3.05) is 0 Å². The molecule has 0 spiro atoms. The second-order valence-electron chi connectivity index (χ2n) is 4.64. The third-order valence-corrected chi connectivity index (χ3v) is 2.76. The minimum atomic E-state index is -0.942. The van der Waals surface area contributed by atoms with Crippen LogP contribution in [-0.2, 0) is 0 Å². The van der Waals surface area contributed by atoms with Gasteiger partial charge in [-0.2, -0.15) is 5.10 Å². The van der Waals surface area contributed by atoms with E-state index in [1.807, 2.05) is 27.0 Å². The van der Waals surface area contributed by atoms with Gasteiger partial charge in [0.25, 0.3) is 0 Å². The molecule has 0 aliphatic carbocycles. The molecule has 100 valence electrons. The fourth-order valence-electron chi connectivity index (χ4n) is 1.68. The van der Waals surface area contributed by atoms with E-state index in [-0.39, 0.29) is 11.6 Å². The van der Waals surface area contributed by atoms with Gasteiger partial charge in [-0.25, -0.2) is 4.79 Å². The quantitative estimate of drug-likeness (QED) is 0.916. The zero-order valence-electron chi connectivity index (χ0n) is 11.1. The van der Waals surface area contributed by atoms with E-state index in [1.54, 1.807) is 23.0 Å². The lowest BCUT2D eigenvalue weighted by Gasteiger charge is -2.07. The standard InChI is InChI=1S/C14H16N2O3/c1-9(2)16-8-12(7-15-16)19-13-5-4-11(14(17)18)6-10(13)3/h4-9H,1-3H3,(H,17,18). The Morgan fingerprint density at radius 1 is 1.42 bits per heavy atom. The SMILES string of the molecule is Cc1cc(C(=O)O)ccc1Oc1cnn(C(C)C)c1. The average molecular weight is 260 g/mol. The van der Waals surface area contributed by atoms with Crippen LogP contribution in [-0.4, -0.2) is 20.9 Å². The predicted molar refractivity (Wildman–Crippen MR) is 70.8 cm³/mol. The molecule has 0 amide bonds. The largest absolute Gasteiger partial charge is 0.478 e. The van der Waals surface area contributed by atoms with Crippen molar-refractivity contribution in [3.63, 3.8) is 0 Å². The van der Waals surface area contributed by atoms with Crippen molar-refractivity contribution in [3.05, 3.63) is 41.7 Å². The normalized spacial score (nSPS) is 10.7. The van der Waals surface area contributed by atoms with Gasteiger partial charge in [-0.3, -0.25) is 4.68 Å². The Balaban J connectivity index is 2.20. The van der Waals surface area contributed by atoms with Gasteiger partial charge in [0.2, 0.25) is 0 Å². The molecule has 0 radical (unpaired) electrons. The first kappa shape index (κ1) is 13.1. The molecular weight excluding hydrogens is 244 g/mol. The summed E-state index contributed by atoms with van der Waals surface area (Å²) in [5.41, 5.74) is 1.03. The van der Waals surface area contributed by atoms with E-state index in [0.717, 1.165) is 5.56 Å². The minimum Gasteiger partial charge on any atom is -0.478 e. The summed E-state index contributed by atoms with van der Waals surface area (Å²) in [5.74, 6) is 0.329. The van der Waals surface area contributed by atoms with Crippen LogP contribution in [0.25, 0.3) is 0 Å². The summed E-state index contributed by atoms with van der Waals surface area (Å²) in [5, 5.41) is 13.1. The maximum atomic E-state index is 10.8. The number of carbonyl (C=O) groups is 1. The molecule has 0 saturated carbocycles. The molecule has 0 atom stereocenters. The molecule has 0 unspecified atom stereocenters. The monoisotopic (exact) mass is 260 g/mol. The summed E-state index contributed by atoms with van der Waals surface area (Å²) in [6.07, 6.45) is 3.46. The number of hydrogen-bond donors (Lipinski definition) is 1. The molecule has 1 aromatic carbocycles. The van der Waals surface area contributed by atoms with Crippen molar-refractivity contribution in [2.45, 2.75) is 26.8 Å². The molecule has 1 N–H and O–H groups in total. The maximum absolute atomic E-state index is 10.8. The topological polar surface area (TPSA) is 64.3 Å². The smallest absolute Gasteiger partial charge is 0.335 e. The number of benzene rings is 1. The Hall–Kier alpha value is -2.30. The van der Waals surface area contributed by atoms with Gasteiger partial charge in [0.1, 0.15) is 5.75 Å². The van der Waals surface area contributed by atoms with E-state index in [2.05, 4.69) is 5.10 Å². The van der Waals surface area contributed by atoms with Crippen LogP contribution < -0.4 is 4.74 Å². The third kappa shape index (κ3) is 2.93. The Labute approximate surface area is 111 Å². The van der Waals surface area contributed by atoms with Crippen molar-refractivity contribution in [3.8, 4) is 11.5 Å². The molecular formula is C14H16N2O3. The number of carboxylic acid groups (broad SMARTS) is 1. The van der Waals surface area contributed by atoms with E-state index < -0.39 is 5.97 Å². The Bertz CT molecular complexity index is 602. The highest BCUT2D eigenvalue weighted by atomic mass is 16.5. The van der Waals surface area contributed by atoms with E-state index in [0.29, 0.717) is 11.5 Å². The lowest BCUT2D eigenvalue weighted by atomic mass is 10.1. The van der Waals surface area contributed by atoms with Crippen LogP contribution in [0.3, 0.4) is 0 Å². The van der Waals surface area contributed by atoms with Crippen LogP contribution in [0.5, 0.6) is 11.5 Å². The van der Waals surface area contributed by atoms with Gasteiger partial charge in [-0.1, -0.05) is 0 Å². The number of aromatic carboxylic acids is 1. The van der Waals surface area contributed by atoms with Crippen LogP contribution in [0.4, 0.5) is 0 Å². The van der Waals surface area contributed by atoms with Crippen molar-refractivity contribution in [2.24, 2.45) is 0 Å². The number of ether oxygens (including phenoxy) is 1. The highest BCUT2D eigenvalue weighted by Crippen LogP contribution is 2.26. The van der Waals surface area contributed by atoms with Crippen molar-refractivity contribution >= 4 is 5.97 Å². The maximum Gasteiger partial charge on any atom is 0.335 e. The third-order valence-electron chi connectivity index (χ3n) is 2.76. The summed E-state index contributed by atoms with van der Waals surface area (Å²) >= 11 is 0. The number of carboxylic acids is 1. The van der Waals surface area contributed by atoms with Gasteiger partial charge in [-0.15, -0.1) is 0 Å². The molecule has 2 rings (SSSR count). The number of nitrogens with zero attached hydrogens (tertiary/aromatic N) is 2. The number of rotatable bonds is 4. The second-order valence-corrected chi connectivity index (χ2v) is 4.64. The summed E-state index contributed by atoms with van der Waals surface area (Å²) in [4.78, 5) is 10.8. The Kier molecular flexibility index (Phi) is 3.55. The fourth-order valence-corrected chi connectivity index (χ4v) is 1.68. The van der Waals surface area contributed by atoms with E-state index >= 15 is 0 Å². The van der Waals surface area contributed by atoms with E-state index in [1.165, 1.54) is 6.07 Å². The van der Waals surface area contributed by atoms with Gasteiger partial charge >= 0.3 is 5.97 Å². The number of aryl methyl sites for hydroxylation is 1. The summed E-state index contributed by atoms with van der Waals surface area (Å²) < 4.78 is 7.50. The lowest BCUT2D eigenvalue weighted by molar-refractivity contribution is 0.0697. The van der Waals surface area contributed by atoms with Gasteiger partial charge in [-0.05, 0) is 44.5 Å². The molecule has 0 bridgehead atoms. The average Bonchev–Trinajstić information content (AvgIpc) is 2.80. The molecule has 2 aromatic rings. The predicted octanol–water partition coefficient (Wildman–Crippen LogP) is 3.26. The summed E-state index contributed by atoms with van der Waals surface area (Å²) in [6.45, 7) is 5.88. The molecule has 1 heterocycles. The van der Waals surface area contributed by atoms with Crippen molar-refractivity contribution < 1.29 is 14.6 Å². The lowest BCUT2D eigenvalue weighted by Crippen LogP contribution is -1.99. The van der Waals surface area contributed by atoms with Crippen LogP contribution in [0, 0.1) is 6.92 Å².